The van der Waals surface area contributed by atoms with E-state index in [0.717, 1.165) is 30.4 Å². The number of rotatable bonds is 36. The molecule has 3 rings (SSSR count). The van der Waals surface area contributed by atoms with Crippen molar-refractivity contribution in [3.63, 3.8) is 0 Å². The summed E-state index contributed by atoms with van der Waals surface area (Å²) < 4.78 is 38.6. The third kappa shape index (κ3) is 26.1. The molecule has 0 aromatic heterocycles. The van der Waals surface area contributed by atoms with Crippen LogP contribution >= 0.6 is 0 Å². The molecule has 1 saturated heterocycles. The maximum atomic E-state index is 13.0. The lowest BCUT2D eigenvalue weighted by atomic mass is 9.80. The molecule has 8 N–H and O–H groups in total. The molecule has 1 fully saturated rings. The first-order valence-corrected chi connectivity index (χ1v) is 28.7. The van der Waals surface area contributed by atoms with Crippen LogP contribution in [0.1, 0.15) is 133 Å². The number of carbonyl (C=O) groups is 4. The van der Waals surface area contributed by atoms with Crippen molar-refractivity contribution in [2.75, 3.05) is 68.0 Å². The molecule has 0 saturated carbocycles. The number of nitrogens with zero attached hydrogens (tertiary/aromatic N) is 6. The molecule has 2 aromatic rings. The Morgan fingerprint density at radius 1 is 0.707 bits per heavy atom. The fraction of sp³-hybridized carbons (Fsp3) is 0.733. The van der Waals surface area contributed by atoms with Gasteiger partial charge in [-0.15, -0.1) is 0 Å². The van der Waals surface area contributed by atoms with Gasteiger partial charge in [0.15, 0.2) is 23.0 Å². The summed E-state index contributed by atoms with van der Waals surface area (Å²) in [5.41, 5.74) is 34.8. The number of esters is 1. The van der Waals surface area contributed by atoms with Crippen LogP contribution < -0.4 is 41.5 Å². The number of hydrogen-bond donors (Lipinski definition) is 5. The Bertz CT molecular complexity index is 2340. The number of nitrogens with two attached hydrogens (primary N) is 3. The Morgan fingerprint density at radius 2 is 1.18 bits per heavy atom. The van der Waals surface area contributed by atoms with Gasteiger partial charge < -0.3 is 60.8 Å². The quantitative estimate of drug-likeness (QED) is 0.0140. The molecule has 0 radical (unpaired) electrons. The normalized spacial score (nSPS) is 16.4. The van der Waals surface area contributed by atoms with E-state index in [1.54, 1.807) is 56.1 Å². The first-order chi connectivity index (χ1) is 38.6. The number of aliphatic hydroxyl groups excluding tert-OH is 1. The number of nitrogens with one attached hydrogen (secondary N) is 1. The molecule has 0 spiro atoms. The predicted molar refractivity (Wildman–Crippen MR) is 319 cm³/mol. The zero-order valence-corrected chi connectivity index (χ0v) is 52.1. The van der Waals surface area contributed by atoms with E-state index in [2.05, 4.69) is 53.1 Å². The predicted octanol–water partition coefficient (Wildman–Crippen LogP) is 9.68. The zero-order valence-electron chi connectivity index (χ0n) is 52.1. The minimum absolute atomic E-state index is 0.0811. The number of hydrogen-bond acceptors (Lipinski definition) is 15. The molecule has 464 valence electrons. The van der Waals surface area contributed by atoms with Gasteiger partial charge in [0.25, 0.3) is 0 Å². The highest BCUT2D eigenvalue weighted by atomic mass is 16.6. The van der Waals surface area contributed by atoms with Crippen molar-refractivity contribution < 1.29 is 57.4 Å². The number of primary amides is 2. The summed E-state index contributed by atoms with van der Waals surface area (Å²) >= 11 is 0. The second kappa shape index (κ2) is 38.0. The molecule has 82 heavy (non-hydrogen) atoms. The Balaban J connectivity index is 0.000000733. The molecule has 1 heterocycles. The Kier molecular flexibility index (Phi) is 34.2. The van der Waals surface area contributed by atoms with Gasteiger partial charge in [0, 0.05) is 69.1 Å². The average molecular weight is 1160 g/mol. The van der Waals surface area contributed by atoms with Crippen molar-refractivity contribution in [1.29, 1.82) is 0 Å². The van der Waals surface area contributed by atoms with Gasteiger partial charge >= 0.3 is 5.97 Å². The number of ether oxygens (including phenoxy) is 7. The van der Waals surface area contributed by atoms with E-state index in [0.29, 0.717) is 87.6 Å². The van der Waals surface area contributed by atoms with Crippen LogP contribution in [0, 0.1) is 58.2 Å². The molecule has 22 nitrogen and oxygen atoms in total. The first-order valence-electron chi connectivity index (χ1n) is 28.7. The number of benzene rings is 2. The maximum absolute atomic E-state index is 13.0. The van der Waals surface area contributed by atoms with Crippen LogP contribution in [0.3, 0.4) is 0 Å². The lowest BCUT2D eigenvalue weighted by molar-refractivity contribution is -0.146. The Labute approximate surface area is 488 Å². The van der Waals surface area contributed by atoms with Gasteiger partial charge in [-0.1, -0.05) is 77.8 Å². The number of amides is 3. The molecule has 8 atom stereocenters. The van der Waals surface area contributed by atoms with Crippen molar-refractivity contribution in [1.82, 2.24) is 5.32 Å². The van der Waals surface area contributed by atoms with Gasteiger partial charge in [-0.2, -0.15) is 0 Å². The third-order valence-electron chi connectivity index (χ3n) is 15.2. The van der Waals surface area contributed by atoms with Gasteiger partial charge in [-0.25, -0.2) is 0 Å². The van der Waals surface area contributed by atoms with Crippen molar-refractivity contribution in [2.45, 2.75) is 159 Å². The zero-order chi connectivity index (χ0) is 62.3. The highest BCUT2D eigenvalue weighted by Gasteiger charge is 2.41. The topological polar surface area (TPSA) is 341 Å². The number of methoxy groups -OCH3 is 4. The van der Waals surface area contributed by atoms with E-state index in [1.807, 2.05) is 64.1 Å². The molecule has 1 aliphatic rings. The van der Waals surface area contributed by atoms with E-state index in [4.69, 9.17) is 50.4 Å². The summed E-state index contributed by atoms with van der Waals surface area (Å²) in [7, 11) is 6.56. The second-order valence-corrected chi connectivity index (χ2v) is 23.9. The summed E-state index contributed by atoms with van der Waals surface area (Å²) in [4.78, 5) is 53.4. The summed E-state index contributed by atoms with van der Waals surface area (Å²) in [6.07, 6.45) is 3.46. The number of azide groups is 2. The maximum Gasteiger partial charge on any atom is 0.309 e. The second-order valence-electron chi connectivity index (χ2n) is 23.9. The molecular formula is C60H102N10O12. The summed E-state index contributed by atoms with van der Waals surface area (Å²) in [5.74, 6) is 1.74. The summed E-state index contributed by atoms with van der Waals surface area (Å²) in [6.45, 7) is 25.8. The molecule has 1 aliphatic heterocycles. The van der Waals surface area contributed by atoms with E-state index < -0.39 is 34.8 Å². The fourth-order valence-corrected chi connectivity index (χ4v) is 8.93. The van der Waals surface area contributed by atoms with Crippen molar-refractivity contribution >= 4 is 23.7 Å². The standard InChI is InChI=1S/C30H51N5O6.C25H39N3O5.C5H12N2O/c1-19(2)22(14-21-10-11-26(40-8)27(15-21)41-13-9-12-39-7)16-24(34-35-32)25(36)17-23(20(3)4)28(37)33-18-30(5,6)29(31)38;1-16(2)19(14-21(27-28-26)23-15-20(17(3)4)25(29)33-23)12-18-8-9-22(31-6)24(13-18)32-11-7-10-30-5;1-5(2,3-6)4(7)8/h10-11,15,19-20,22-25,36H,9,12-14,16-18H2,1-8H3,(H2,31,38)(H,33,37);8-9,13,16-17,19-21,23H,7,10-12,14-15H2,1-6H3;3,6H2,1-2H3,(H2,7,8)/t22-,23-,24-,25-;19-,20-,21-,23-;/m00./s1. The van der Waals surface area contributed by atoms with Gasteiger partial charge in [-0.3, -0.25) is 19.2 Å². The highest BCUT2D eigenvalue weighted by Crippen LogP contribution is 2.37. The van der Waals surface area contributed by atoms with E-state index in [-0.39, 0.29) is 78.4 Å². The van der Waals surface area contributed by atoms with Crippen LogP contribution in [0.4, 0.5) is 0 Å². The van der Waals surface area contributed by atoms with Gasteiger partial charge in [0.1, 0.15) is 6.10 Å². The molecule has 3 amide bonds. The average Bonchev–Trinajstić information content (AvgIpc) is 3.94. The number of carbonyl (C=O) groups excluding carboxylic acids is 4. The SMILES string of the molecule is CC(C)(CN)C(N)=O.COCCCOc1cc(C[C@@H](C[C@H](N=[N+]=[N-])[C@@H](O)C[C@H](C(=O)NCC(C)(C)C(N)=O)C(C)C)C(C)C)ccc1OC.COCCCOc1cc(C[C@@H](C[C@H](N=[N+]=[N-])[C@@H]2C[C@@H](C(C)C)C(=O)O2)C(C)C)ccc1OC. The van der Waals surface area contributed by atoms with Crippen molar-refractivity contribution in [3.8, 4) is 23.0 Å². The molecule has 0 bridgehead atoms. The van der Waals surface area contributed by atoms with Crippen LogP contribution in [0.5, 0.6) is 23.0 Å². The number of aliphatic hydroxyl groups is 1. The fourth-order valence-electron chi connectivity index (χ4n) is 8.93. The molecule has 22 heteroatoms. The molecule has 0 aliphatic carbocycles. The Morgan fingerprint density at radius 3 is 1.55 bits per heavy atom. The minimum atomic E-state index is -1.02. The van der Waals surface area contributed by atoms with Crippen LogP contribution in [-0.2, 0) is 46.2 Å². The Hall–Kier alpha value is -6.02. The van der Waals surface area contributed by atoms with Crippen LogP contribution in [-0.4, -0.2) is 121 Å². The lowest BCUT2D eigenvalue weighted by Crippen LogP contribution is -2.45. The molecular weight excluding hydrogens is 1050 g/mol. The smallest absolute Gasteiger partial charge is 0.309 e. The van der Waals surface area contributed by atoms with Gasteiger partial charge in [0.2, 0.25) is 17.7 Å². The minimum Gasteiger partial charge on any atom is -0.493 e. The van der Waals surface area contributed by atoms with Crippen LogP contribution in [0.25, 0.3) is 20.9 Å². The van der Waals surface area contributed by atoms with Gasteiger partial charge in [-0.05, 0) is 148 Å². The first kappa shape index (κ1) is 74.0. The summed E-state index contributed by atoms with van der Waals surface area (Å²) in [5, 5.41) is 22.0. The lowest BCUT2D eigenvalue weighted by Gasteiger charge is -2.30. The van der Waals surface area contributed by atoms with Crippen LogP contribution in [0.15, 0.2) is 46.6 Å². The monoisotopic (exact) mass is 1150 g/mol. The third-order valence-corrected chi connectivity index (χ3v) is 15.2. The van der Waals surface area contributed by atoms with E-state index >= 15 is 0 Å². The van der Waals surface area contributed by atoms with Crippen molar-refractivity contribution in [3.05, 3.63) is 68.4 Å². The largest absolute Gasteiger partial charge is 0.493 e. The van der Waals surface area contributed by atoms with E-state index in [9.17, 15) is 35.3 Å². The van der Waals surface area contributed by atoms with Gasteiger partial charge in [0.05, 0.1) is 62.4 Å². The number of cyclic esters (lactones) is 1. The van der Waals surface area contributed by atoms with E-state index in [1.165, 1.54) is 0 Å². The molecule has 2 aromatic carbocycles. The summed E-state index contributed by atoms with van der Waals surface area (Å²) in [6, 6.07) is 10.7. The highest BCUT2D eigenvalue weighted by molar-refractivity contribution is 5.83. The van der Waals surface area contributed by atoms with Crippen LogP contribution in [0.2, 0.25) is 0 Å². The van der Waals surface area contributed by atoms with Crippen molar-refractivity contribution in [2.24, 2.45) is 85.6 Å². The molecule has 0 unspecified atom stereocenters.